The van der Waals surface area contributed by atoms with E-state index in [0.717, 1.165) is 11.1 Å². The highest BCUT2D eigenvalue weighted by atomic mass is 16.3. The lowest BCUT2D eigenvalue weighted by molar-refractivity contribution is 0.150. The predicted molar refractivity (Wildman–Crippen MR) is 57.9 cm³/mol. The average molecular weight is 192 g/mol. The van der Waals surface area contributed by atoms with Crippen LogP contribution in [0.3, 0.4) is 0 Å². The fourth-order valence-electron chi connectivity index (χ4n) is 1.31. The highest BCUT2D eigenvalue weighted by molar-refractivity contribution is 5.47. The van der Waals surface area contributed by atoms with E-state index in [-0.39, 0.29) is 19.1 Å². The molecule has 1 aromatic rings. The Morgan fingerprint density at radius 3 is 2.14 bits per heavy atom. The van der Waals surface area contributed by atoms with Crippen molar-refractivity contribution in [1.29, 1.82) is 0 Å². The lowest BCUT2D eigenvalue weighted by Gasteiger charge is -2.10. The molecule has 0 aromatic heterocycles. The molecule has 1 aromatic carbocycles. The van der Waals surface area contributed by atoms with E-state index in [1.807, 2.05) is 24.3 Å². The molecule has 2 N–H and O–H groups in total. The minimum absolute atomic E-state index is 0.0275. The molecule has 0 bridgehead atoms. The van der Waals surface area contributed by atoms with Crippen molar-refractivity contribution in [3.8, 4) is 0 Å². The summed E-state index contributed by atoms with van der Waals surface area (Å²) in [6.07, 6.45) is 2.50. The van der Waals surface area contributed by atoms with Crippen molar-refractivity contribution < 1.29 is 10.2 Å². The van der Waals surface area contributed by atoms with Crippen LogP contribution >= 0.6 is 0 Å². The van der Waals surface area contributed by atoms with Crippen molar-refractivity contribution in [2.24, 2.45) is 5.92 Å². The fourth-order valence-corrected chi connectivity index (χ4v) is 1.31. The number of benzene rings is 1. The van der Waals surface area contributed by atoms with Crippen LogP contribution in [0.2, 0.25) is 0 Å². The van der Waals surface area contributed by atoms with Gasteiger partial charge in [0, 0.05) is 19.1 Å². The third-order valence-corrected chi connectivity index (χ3v) is 2.26. The van der Waals surface area contributed by atoms with E-state index in [0.29, 0.717) is 6.42 Å². The van der Waals surface area contributed by atoms with Gasteiger partial charge in [-0.05, 0) is 17.5 Å². The first kappa shape index (κ1) is 11.0. The second-order valence-corrected chi connectivity index (χ2v) is 3.38. The topological polar surface area (TPSA) is 40.5 Å². The van der Waals surface area contributed by atoms with Crippen LogP contribution < -0.4 is 0 Å². The second-order valence-electron chi connectivity index (χ2n) is 3.38. The van der Waals surface area contributed by atoms with Gasteiger partial charge in [-0.25, -0.2) is 0 Å². The van der Waals surface area contributed by atoms with Crippen LogP contribution in [0, 0.1) is 5.92 Å². The molecule has 0 amide bonds. The molecular formula is C12H16O2. The maximum atomic E-state index is 8.91. The molecule has 0 heterocycles. The second kappa shape index (κ2) is 5.58. The van der Waals surface area contributed by atoms with Crippen molar-refractivity contribution in [3.05, 3.63) is 42.0 Å². The third kappa shape index (κ3) is 2.98. The van der Waals surface area contributed by atoms with Gasteiger partial charge in [0.1, 0.15) is 0 Å². The van der Waals surface area contributed by atoms with E-state index in [1.54, 1.807) is 6.08 Å². The summed E-state index contributed by atoms with van der Waals surface area (Å²) in [7, 11) is 0. The molecule has 2 heteroatoms. The number of rotatable bonds is 5. The van der Waals surface area contributed by atoms with Gasteiger partial charge in [0.15, 0.2) is 0 Å². The molecule has 0 saturated carbocycles. The minimum Gasteiger partial charge on any atom is -0.396 e. The summed E-state index contributed by atoms with van der Waals surface area (Å²) in [5.74, 6) is -0.0513. The van der Waals surface area contributed by atoms with Crippen molar-refractivity contribution in [2.45, 2.75) is 6.42 Å². The highest BCUT2D eigenvalue weighted by Gasteiger charge is 2.06. The fraction of sp³-hybridized carbons (Fsp3) is 0.333. The van der Waals surface area contributed by atoms with Crippen LogP contribution in [0.15, 0.2) is 30.8 Å². The molecule has 1 rings (SSSR count). The zero-order valence-corrected chi connectivity index (χ0v) is 8.19. The maximum absolute atomic E-state index is 8.91. The molecule has 2 nitrogen and oxygen atoms in total. The average Bonchev–Trinajstić information content (AvgIpc) is 2.26. The van der Waals surface area contributed by atoms with E-state index in [4.69, 9.17) is 10.2 Å². The van der Waals surface area contributed by atoms with Crippen molar-refractivity contribution in [2.75, 3.05) is 13.2 Å². The summed E-state index contributed by atoms with van der Waals surface area (Å²) in [4.78, 5) is 0. The first-order valence-electron chi connectivity index (χ1n) is 4.73. The van der Waals surface area contributed by atoms with E-state index >= 15 is 0 Å². The Kier molecular flexibility index (Phi) is 4.36. The summed E-state index contributed by atoms with van der Waals surface area (Å²) in [5.41, 5.74) is 2.21. The Hall–Kier alpha value is -1.12. The molecule has 0 fully saturated rings. The zero-order chi connectivity index (χ0) is 10.4. The first-order valence-corrected chi connectivity index (χ1v) is 4.73. The van der Waals surface area contributed by atoms with Crippen molar-refractivity contribution >= 4 is 6.08 Å². The number of aliphatic hydroxyl groups excluding tert-OH is 2. The molecule has 0 spiro atoms. The monoisotopic (exact) mass is 192 g/mol. The van der Waals surface area contributed by atoms with Gasteiger partial charge >= 0.3 is 0 Å². The normalized spacial score (nSPS) is 10.5. The van der Waals surface area contributed by atoms with Crippen LogP contribution in [-0.4, -0.2) is 23.4 Å². The number of aliphatic hydroxyl groups is 2. The Morgan fingerprint density at radius 2 is 1.71 bits per heavy atom. The molecule has 14 heavy (non-hydrogen) atoms. The predicted octanol–water partition coefficient (Wildman–Crippen LogP) is 1.47. The summed E-state index contributed by atoms with van der Waals surface area (Å²) in [6.45, 7) is 3.73. The third-order valence-electron chi connectivity index (χ3n) is 2.26. The quantitative estimate of drug-likeness (QED) is 0.741. The maximum Gasteiger partial charge on any atom is 0.0484 e. The molecule has 0 aliphatic heterocycles. The zero-order valence-electron chi connectivity index (χ0n) is 8.19. The van der Waals surface area contributed by atoms with Crippen LogP contribution in [0.4, 0.5) is 0 Å². The molecule has 0 atom stereocenters. The van der Waals surface area contributed by atoms with E-state index < -0.39 is 0 Å². The van der Waals surface area contributed by atoms with Gasteiger partial charge in [0.2, 0.25) is 0 Å². The summed E-state index contributed by atoms with van der Waals surface area (Å²) in [6, 6.07) is 7.95. The van der Waals surface area contributed by atoms with Crippen LogP contribution in [0.1, 0.15) is 11.1 Å². The molecule has 0 unspecified atom stereocenters. The molecule has 0 radical (unpaired) electrons. The molecule has 0 saturated heterocycles. The molecule has 0 aliphatic carbocycles. The first-order chi connectivity index (χ1) is 6.80. The SMILES string of the molecule is C=Cc1ccc(CC(CO)CO)cc1. The van der Waals surface area contributed by atoms with E-state index in [9.17, 15) is 0 Å². The summed E-state index contributed by atoms with van der Waals surface area (Å²) < 4.78 is 0. The van der Waals surface area contributed by atoms with Crippen molar-refractivity contribution in [1.82, 2.24) is 0 Å². The van der Waals surface area contributed by atoms with Crippen molar-refractivity contribution in [3.63, 3.8) is 0 Å². The Morgan fingerprint density at radius 1 is 1.14 bits per heavy atom. The number of hydrogen-bond acceptors (Lipinski definition) is 2. The number of hydrogen-bond donors (Lipinski definition) is 2. The van der Waals surface area contributed by atoms with E-state index in [1.165, 1.54) is 0 Å². The summed E-state index contributed by atoms with van der Waals surface area (Å²) >= 11 is 0. The largest absolute Gasteiger partial charge is 0.396 e. The van der Waals surface area contributed by atoms with Crippen LogP contribution in [0.25, 0.3) is 6.08 Å². The van der Waals surface area contributed by atoms with Gasteiger partial charge in [0.25, 0.3) is 0 Å². The Balaban J connectivity index is 2.63. The summed E-state index contributed by atoms with van der Waals surface area (Å²) in [5, 5.41) is 17.8. The molecule has 0 aliphatic rings. The van der Waals surface area contributed by atoms with Gasteiger partial charge in [-0.1, -0.05) is 36.9 Å². The Bertz CT molecular complexity index is 273. The van der Waals surface area contributed by atoms with Gasteiger partial charge < -0.3 is 10.2 Å². The minimum atomic E-state index is -0.0513. The van der Waals surface area contributed by atoms with Crippen LogP contribution in [-0.2, 0) is 6.42 Å². The lowest BCUT2D eigenvalue weighted by atomic mass is 10.00. The Labute approximate surface area is 84.5 Å². The van der Waals surface area contributed by atoms with E-state index in [2.05, 4.69) is 6.58 Å². The van der Waals surface area contributed by atoms with Crippen LogP contribution in [0.5, 0.6) is 0 Å². The lowest BCUT2D eigenvalue weighted by Crippen LogP contribution is -2.13. The van der Waals surface area contributed by atoms with Gasteiger partial charge in [-0.2, -0.15) is 0 Å². The molecule has 76 valence electrons. The smallest absolute Gasteiger partial charge is 0.0484 e. The standard InChI is InChI=1S/C12H16O2/c1-2-10-3-5-11(6-4-10)7-12(8-13)9-14/h2-6,12-14H,1,7-9H2. The highest BCUT2D eigenvalue weighted by Crippen LogP contribution is 2.10. The van der Waals surface area contributed by atoms with Gasteiger partial charge in [-0.15, -0.1) is 0 Å². The molecular weight excluding hydrogens is 176 g/mol. The van der Waals surface area contributed by atoms with Gasteiger partial charge in [-0.3, -0.25) is 0 Å². The van der Waals surface area contributed by atoms with Gasteiger partial charge in [0.05, 0.1) is 0 Å².